The van der Waals surface area contributed by atoms with E-state index in [1.165, 1.54) is 5.56 Å². The zero-order valence-corrected chi connectivity index (χ0v) is 15.2. The van der Waals surface area contributed by atoms with Crippen LogP contribution in [-0.2, 0) is 6.42 Å². The van der Waals surface area contributed by atoms with E-state index in [9.17, 15) is 0 Å². The van der Waals surface area contributed by atoms with Gasteiger partial charge in [0.25, 0.3) is 0 Å². The molecule has 0 saturated heterocycles. The molecular weight excluding hydrogens is 314 g/mol. The lowest BCUT2D eigenvalue weighted by Gasteiger charge is -2.33. The third kappa shape index (κ3) is 5.45. The molecule has 1 rings (SSSR count). The lowest BCUT2D eigenvalue weighted by Crippen LogP contribution is -2.43. The van der Waals surface area contributed by atoms with Crippen molar-refractivity contribution in [1.29, 1.82) is 0 Å². The third-order valence-electron chi connectivity index (χ3n) is 3.76. The Labute approximate surface area is 132 Å². The fourth-order valence-corrected chi connectivity index (χ4v) is 2.54. The van der Waals surface area contributed by atoms with Crippen LogP contribution in [0.1, 0.15) is 46.6 Å². The van der Waals surface area contributed by atoms with Gasteiger partial charge in [0.15, 0.2) is 0 Å². The number of methoxy groups -OCH3 is 1. The van der Waals surface area contributed by atoms with Crippen molar-refractivity contribution in [3.8, 4) is 5.75 Å². The van der Waals surface area contributed by atoms with Gasteiger partial charge < -0.3 is 10.1 Å². The minimum absolute atomic E-state index is 0.151. The van der Waals surface area contributed by atoms with Crippen LogP contribution < -0.4 is 10.1 Å². The van der Waals surface area contributed by atoms with E-state index in [0.29, 0.717) is 0 Å². The Bertz CT molecular complexity index is 439. The second-order valence-electron chi connectivity index (χ2n) is 6.90. The average Bonchev–Trinajstić information content (AvgIpc) is 2.36. The molecule has 20 heavy (non-hydrogen) atoms. The van der Waals surface area contributed by atoms with Crippen LogP contribution in [0.4, 0.5) is 0 Å². The van der Waals surface area contributed by atoms with Crippen molar-refractivity contribution < 1.29 is 4.74 Å². The molecule has 0 aliphatic carbocycles. The molecule has 1 N–H and O–H groups in total. The molecule has 0 aliphatic heterocycles. The van der Waals surface area contributed by atoms with Gasteiger partial charge in [0, 0.05) is 16.6 Å². The highest BCUT2D eigenvalue weighted by Crippen LogP contribution is 2.32. The van der Waals surface area contributed by atoms with Crippen LogP contribution in [0.25, 0.3) is 0 Å². The minimum Gasteiger partial charge on any atom is -0.496 e. The second kappa shape index (κ2) is 6.95. The number of halogens is 1. The Balaban J connectivity index is 2.89. The first-order valence-corrected chi connectivity index (χ1v) is 8.06. The maximum absolute atomic E-state index is 5.49. The lowest BCUT2D eigenvalue weighted by molar-refractivity contribution is 0.252. The van der Waals surface area contributed by atoms with Gasteiger partial charge in [-0.25, -0.2) is 0 Å². The predicted octanol–water partition coefficient (Wildman–Crippen LogP) is 4.80. The first-order valence-electron chi connectivity index (χ1n) is 7.26. The number of hydrogen-bond donors (Lipinski definition) is 1. The Morgan fingerprint density at radius 3 is 2.35 bits per heavy atom. The first kappa shape index (κ1) is 17.5. The molecule has 1 unspecified atom stereocenters. The van der Waals surface area contributed by atoms with Gasteiger partial charge in [-0.15, -0.1) is 0 Å². The van der Waals surface area contributed by atoms with E-state index in [0.717, 1.165) is 29.6 Å². The fourth-order valence-electron chi connectivity index (χ4n) is 2.14. The second-order valence-corrected chi connectivity index (χ2v) is 7.82. The van der Waals surface area contributed by atoms with Crippen LogP contribution in [0, 0.1) is 5.41 Å². The van der Waals surface area contributed by atoms with E-state index in [-0.39, 0.29) is 11.0 Å². The monoisotopic (exact) mass is 341 g/mol. The Morgan fingerprint density at radius 2 is 1.85 bits per heavy atom. The maximum Gasteiger partial charge on any atom is 0.122 e. The van der Waals surface area contributed by atoms with Crippen molar-refractivity contribution in [3.63, 3.8) is 0 Å². The SMILES string of the molecule is CCC(C)(CNC(C)(C)C)Cc1cc(Br)ccc1OC. The van der Waals surface area contributed by atoms with E-state index in [1.807, 2.05) is 12.1 Å². The summed E-state index contributed by atoms with van der Waals surface area (Å²) in [4.78, 5) is 0. The lowest BCUT2D eigenvalue weighted by atomic mass is 9.80. The largest absolute Gasteiger partial charge is 0.496 e. The zero-order chi connectivity index (χ0) is 15.4. The summed E-state index contributed by atoms with van der Waals surface area (Å²) in [5, 5.41) is 3.63. The van der Waals surface area contributed by atoms with Gasteiger partial charge in [0.05, 0.1) is 7.11 Å². The van der Waals surface area contributed by atoms with Gasteiger partial charge in [-0.05, 0) is 62.8 Å². The summed E-state index contributed by atoms with van der Waals surface area (Å²) in [6.07, 6.45) is 2.14. The molecule has 3 heteroatoms. The van der Waals surface area contributed by atoms with Crippen LogP contribution in [0.2, 0.25) is 0 Å². The zero-order valence-electron chi connectivity index (χ0n) is 13.6. The quantitative estimate of drug-likeness (QED) is 0.801. The summed E-state index contributed by atoms with van der Waals surface area (Å²) in [5.41, 5.74) is 1.64. The Morgan fingerprint density at radius 1 is 1.20 bits per heavy atom. The molecule has 0 spiro atoms. The van der Waals surface area contributed by atoms with Gasteiger partial charge in [0.2, 0.25) is 0 Å². The van der Waals surface area contributed by atoms with Crippen molar-refractivity contribution in [2.75, 3.05) is 13.7 Å². The van der Waals surface area contributed by atoms with E-state index in [4.69, 9.17) is 4.74 Å². The topological polar surface area (TPSA) is 21.3 Å². The summed E-state index contributed by atoms with van der Waals surface area (Å²) in [6, 6.07) is 6.23. The third-order valence-corrected chi connectivity index (χ3v) is 4.25. The first-order chi connectivity index (χ1) is 9.19. The van der Waals surface area contributed by atoms with Crippen molar-refractivity contribution >= 4 is 15.9 Å². The fraction of sp³-hybridized carbons (Fsp3) is 0.647. The number of benzene rings is 1. The smallest absolute Gasteiger partial charge is 0.122 e. The number of rotatable bonds is 6. The summed E-state index contributed by atoms with van der Waals surface area (Å²) < 4.78 is 6.60. The van der Waals surface area contributed by atoms with Crippen LogP contribution in [-0.4, -0.2) is 19.2 Å². The van der Waals surface area contributed by atoms with Crippen molar-refractivity contribution in [2.24, 2.45) is 5.41 Å². The highest BCUT2D eigenvalue weighted by molar-refractivity contribution is 9.10. The molecule has 0 radical (unpaired) electrons. The molecule has 0 bridgehead atoms. The average molecular weight is 342 g/mol. The normalized spacial score (nSPS) is 14.9. The number of ether oxygens (including phenoxy) is 1. The summed E-state index contributed by atoms with van der Waals surface area (Å²) in [6.45, 7) is 12.2. The Kier molecular flexibility index (Phi) is 6.08. The van der Waals surface area contributed by atoms with Crippen molar-refractivity contribution in [2.45, 2.75) is 53.0 Å². The standard InChI is InChI=1S/C17H28BrNO/c1-7-17(5,12-19-16(2,3)4)11-13-10-14(18)8-9-15(13)20-6/h8-10,19H,7,11-12H2,1-6H3. The van der Waals surface area contributed by atoms with Crippen molar-refractivity contribution in [3.05, 3.63) is 28.2 Å². The summed E-state index contributed by atoms with van der Waals surface area (Å²) in [7, 11) is 1.74. The maximum atomic E-state index is 5.49. The molecule has 1 aromatic carbocycles. The van der Waals surface area contributed by atoms with Crippen LogP contribution in [0.5, 0.6) is 5.75 Å². The summed E-state index contributed by atoms with van der Waals surface area (Å²) >= 11 is 3.55. The predicted molar refractivity (Wildman–Crippen MR) is 90.6 cm³/mol. The molecule has 0 aromatic heterocycles. The van der Waals surface area contributed by atoms with Gasteiger partial charge in [-0.2, -0.15) is 0 Å². The minimum atomic E-state index is 0.151. The number of nitrogens with one attached hydrogen (secondary N) is 1. The highest BCUT2D eigenvalue weighted by atomic mass is 79.9. The van der Waals surface area contributed by atoms with Crippen LogP contribution >= 0.6 is 15.9 Å². The molecule has 0 fully saturated rings. The molecular formula is C17H28BrNO. The molecule has 114 valence electrons. The Hall–Kier alpha value is -0.540. The van der Waals surface area contributed by atoms with Gasteiger partial charge >= 0.3 is 0 Å². The van der Waals surface area contributed by atoms with Gasteiger partial charge in [-0.3, -0.25) is 0 Å². The number of hydrogen-bond acceptors (Lipinski definition) is 2. The van der Waals surface area contributed by atoms with Crippen LogP contribution in [0.3, 0.4) is 0 Å². The van der Waals surface area contributed by atoms with E-state index < -0.39 is 0 Å². The van der Waals surface area contributed by atoms with Crippen LogP contribution in [0.15, 0.2) is 22.7 Å². The summed E-state index contributed by atoms with van der Waals surface area (Å²) in [5.74, 6) is 0.976. The molecule has 1 atom stereocenters. The molecule has 0 amide bonds. The molecule has 0 heterocycles. The molecule has 2 nitrogen and oxygen atoms in total. The molecule has 0 saturated carbocycles. The van der Waals surface area contributed by atoms with Crippen molar-refractivity contribution in [1.82, 2.24) is 5.32 Å². The van der Waals surface area contributed by atoms with E-state index in [1.54, 1.807) is 7.11 Å². The van der Waals surface area contributed by atoms with E-state index in [2.05, 4.69) is 61.9 Å². The molecule has 1 aromatic rings. The highest BCUT2D eigenvalue weighted by Gasteiger charge is 2.26. The van der Waals surface area contributed by atoms with Gasteiger partial charge in [0.1, 0.15) is 5.75 Å². The van der Waals surface area contributed by atoms with E-state index >= 15 is 0 Å². The van der Waals surface area contributed by atoms with Gasteiger partial charge in [-0.1, -0.05) is 29.8 Å². The molecule has 0 aliphatic rings.